The molecular weight excluding hydrogens is 386 g/mol. The number of nitrogens with zero attached hydrogens (tertiary/aromatic N) is 2. The number of hydrogen-bond acceptors (Lipinski definition) is 6. The molecule has 2 aromatic carbocycles. The summed E-state index contributed by atoms with van der Waals surface area (Å²) in [5, 5.41) is 12.4. The maximum Gasteiger partial charge on any atom is 0.264 e. The van der Waals surface area contributed by atoms with Crippen molar-refractivity contribution < 1.29 is 14.3 Å². The summed E-state index contributed by atoms with van der Waals surface area (Å²) in [6.45, 7) is -0.0711. The molecule has 1 aliphatic heterocycles. The average molecular weight is 400 g/mol. The molecule has 0 unspecified atom stereocenters. The van der Waals surface area contributed by atoms with E-state index < -0.39 is 0 Å². The number of rotatable bonds is 5. The molecule has 6 nitrogen and oxygen atoms in total. The predicted molar refractivity (Wildman–Crippen MR) is 106 cm³/mol. The number of carbonyl (C=O) groups is 1. The molecule has 0 aromatic heterocycles. The number of nitriles is 1. The van der Waals surface area contributed by atoms with Crippen molar-refractivity contribution in [3.05, 3.63) is 58.0 Å². The highest BCUT2D eigenvalue weighted by Gasteiger charge is 2.24. The Morgan fingerprint density at radius 2 is 2.15 bits per heavy atom. The number of amides is 1. The summed E-state index contributed by atoms with van der Waals surface area (Å²) in [4.78, 5) is 17.1. The number of carbonyl (C=O) groups excluding carboxylic acids is 1. The molecule has 1 heterocycles. The van der Waals surface area contributed by atoms with Gasteiger partial charge in [0.05, 0.1) is 17.7 Å². The SMILES string of the molecule is COc1cc(/C=C2\SC(=Nc3cccc(Cl)c3)NC2=O)ccc1OCC#N. The van der Waals surface area contributed by atoms with Crippen molar-refractivity contribution in [1.29, 1.82) is 5.26 Å². The summed E-state index contributed by atoms with van der Waals surface area (Å²) < 4.78 is 10.6. The highest BCUT2D eigenvalue weighted by molar-refractivity contribution is 8.18. The molecule has 1 aliphatic rings. The maximum atomic E-state index is 12.2. The van der Waals surface area contributed by atoms with Gasteiger partial charge in [-0.3, -0.25) is 4.79 Å². The first-order chi connectivity index (χ1) is 13.1. The minimum absolute atomic E-state index is 0.0711. The number of methoxy groups -OCH3 is 1. The van der Waals surface area contributed by atoms with E-state index in [4.69, 9.17) is 26.3 Å². The van der Waals surface area contributed by atoms with E-state index in [1.807, 2.05) is 6.07 Å². The van der Waals surface area contributed by atoms with Crippen LogP contribution in [-0.2, 0) is 4.79 Å². The Morgan fingerprint density at radius 3 is 2.89 bits per heavy atom. The van der Waals surface area contributed by atoms with Crippen LogP contribution in [0.15, 0.2) is 52.4 Å². The molecule has 0 radical (unpaired) electrons. The van der Waals surface area contributed by atoms with Gasteiger partial charge in [0.25, 0.3) is 5.91 Å². The van der Waals surface area contributed by atoms with E-state index >= 15 is 0 Å². The van der Waals surface area contributed by atoms with Crippen molar-refractivity contribution in [2.45, 2.75) is 0 Å². The molecule has 0 saturated carbocycles. The third kappa shape index (κ3) is 4.82. The van der Waals surface area contributed by atoms with Crippen molar-refractivity contribution in [2.75, 3.05) is 13.7 Å². The van der Waals surface area contributed by atoms with E-state index in [1.165, 1.54) is 18.9 Å². The lowest BCUT2D eigenvalue weighted by Crippen LogP contribution is -2.19. The van der Waals surface area contributed by atoms with Gasteiger partial charge in [0.2, 0.25) is 0 Å². The lowest BCUT2D eigenvalue weighted by molar-refractivity contribution is -0.115. The molecule has 136 valence electrons. The number of halogens is 1. The Balaban J connectivity index is 1.81. The number of nitrogens with one attached hydrogen (secondary N) is 1. The number of hydrogen-bond donors (Lipinski definition) is 1. The van der Waals surface area contributed by atoms with Crippen LogP contribution in [0.4, 0.5) is 5.69 Å². The predicted octanol–water partition coefficient (Wildman–Crippen LogP) is 4.14. The quantitative estimate of drug-likeness (QED) is 0.764. The van der Waals surface area contributed by atoms with Gasteiger partial charge in [-0.15, -0.1) is 0 Å². The van der Waals surface area contributed by atoms with Gasteiger partial charge in [-0.05, 0) is 53.7 Å². The van der Waals surface area contributed by atoms with Gasteiger partial charge in [-0.25, -0.2) is 4.99 Å². The van der Waals surface area contributed by atoms with E-state index in [0.717, 1.165) is 5.56 Å². The van der Waals surface area contributed by atoms with Crippen molar-refractivity contribution in [3.63, 3.8) is 0 Å². The molecule has 0 atom stereocenters. The molecule has 0 spiro atoms. The van der Waals surface area contributed by atoms with Crippen LogP contribution >= 0.6 is 23.4 Å². The van der Waals surface area contributed by atoms with Crippen molar-refractivity contribution in [2.24, 2.45) is 4.99 Å². The third-order valence-corrected chi connectivity index (χ3v) is 4.61. The second kappa shape index (κ2) is 8.62. The molecule has 3 rings (SSSR count). The van der Waals surface area contributed by atoms with E-state index in [2.05, 4.69) is 10.3 Å². The first-order valence-corrected chi connectivity index (χ1v) is 9.01. The van der Waals surface area contributed by atoms with Gasteiger partial charge in [0, 0.05) is 5.02 Å². The van der Waals surface area contributed by atoms with Gasteiger partial charge in [-0.1, -0.05) is 23.7 Å². The lowest BCUT2D eigenvalue weighted by atomic mass is 10.2. The van der Waals surface area contributed by atoms with E-state index in [-0.39, 0.29) is 12.5 Å². The zero-order valence-electron chi connectivity index (χ0n) is 14.2. The Bertz CT molecular complexity index is 982. The fourth-order valence-corrected chi connectivity index (χ4v) is 3.32. The second-order valence-electron chi connectivity index (χ2n) is 5.32. The van der Waals surface area contributed by atoms with Crippen LogP contribution < -0.4 is 14.8 Å². The highest BCUT2D eigenvalue weighted by Crippen LogP contribution is 2.32. The Kier molecular flexibility index (Phi) is 6.01. The van der Waals surface area contributed by atoms with Crippen LogP contribution in [0.2, 0.25) is 5.02 Å². The number of amidine groups is 1. The summed E-state index contributed by atoms with van der Waals surface area (Å²) in [6, 6.07) is 14.2. The summed E-state index contributed by atoms with van der Waals surface area (Å²) >= 11 is 7.19. The molecule has 27 heavy (non-hydrogen) atoms. The largest absolute Gasteiger partial charge is 0.493 e. The van der Waals surface area contributed by atoms with Crippen molar-refractivity contribution in [1.82, 2.24) is 5.32 Å². The van der Waals surface area contributed by atoms with Crippen molar-refractivity contribution >= 4 is 46.2 Å². The van der Waals surface area contributed by atoms with Crippen LogP contribution in [-0.4, -0.2) is 24.8 Å². The minimum atomic E-state index is -0.232. The zero-order valence-corrected chi connectivity index (χ0v) is 15.8. The number of thioether (sulfide) groups is 1. The molecule has 1 N–H and O–H groups in total. The summed E-state index contributed by atoms with van der Waals surface area (Å²) in [7, 11) is 1.51. The summed E-state index contributed by atoms with van der Waals surface area (Å²) in [5.41, 5.74) is 1.42. The Hall–Kier alpha value is -2.95. The van der Waals surface area contributed by atoms with E-state index in [1.54, 1.807) is 48.5 Å². The average Bonchev–Trinajstić information content (AvgIpc) is 2.99. The highest BCUT2D eigenvalue weighted by atomic mass is 35.5. The molecule has 1 saturated heterocycles. The van der Waals surface area contributed by atoms with Gasteiger partial charge in [0.1, 0.15) is 6.07 Å². The van der Waals surface area contributed by atoms with Gasteiger partial charge >= 0.3 is 0 Å². The monoisotopic (exact) mass is 399 g/mol. The lowest BCUT2D eigenvalue weighted by Gasteiger charge is -2.08. The Labute approximate surface area is 165 Å². The molecule has 1 amide bonds. The van der Waals surface area contributed by atoms with Crippen LogP contribution in [0, 0.1) is 11.3 Å². The zero-order chi connectivity index (χ0) is 19.2. The summed E-state index contributed by atoms with van der Waals surface area (Å²) in [6.07, 6.45) is 1.73. The van der Waals surface area contributed by atoms with Crippen molar-refractivity contribution in [3.8, 4) is 17.6 Å². The van der Waals surface area contributed by atoms with E-state index in [9.17, 15) is 4.79 Å². The summed E-state index contributed by atoms with van der Waals surface area (Å²) in [5.74, 6) is 0.716. The van der Waals surface area contributed by atoms with Crippen LogP contribution in [0.25, 0.3) is 6.08 Å². The first-order valence-electron chi connectivity index (χ1n) is 7.82. The fourth-order valence-electron chi connectivity index (χ4n) is 2.30. The molecule has 0 bridgehead atoms. The minimum Gasteiger partial charge on any atom is -0.493 e. The van der Waals surface area contributed by atoms with Crippen LogP contribution in [0.1, 0.15) is 5.56 Å². The smallest absolute Gasteiger partial charge is 0.264 e. The van der Waals surface area contributed by atoms with E-state index in [0.29, 0.717) is 32.3 Å². The maximum absolute atomic E-state index is 12.2. The number of aliphatic imine (C=N–C) groups is 1. The number of benzene rings is 2. The Morgan fingerprint density at radius 1 is 1.30 bits per heavy atom. The number of ether oxygens (including phenoxy) is 2. The topological polar surface area (TPSA) is 83.7 Å². The van der Waals surface area contributed by atoms with Gasteiger partial charge in [0.15, 0.2) is 23.3 Å². The fraction of sp³-hybridized carbons (Fsp3) is 0.105. The molecule has 8 heteroatoms. The third-order valence-electron chi connectivity index (χ3n) is 3.47. The van der Waals surface area contributed by atoms with Gasteiger partial charge < -0.3 is 14.8 Å². The van der Waals surface area contributed by atoms with Crippen LogP contribution in [0.3, 0.4) is 0 Å². The normalized spacial score (nSPS) is 16.3. The first kappa shape index (κ1) is 18.8. The van der Waals surface area contributed by atoms with Crippen LogP contribution in [0.5, 0.6) is 11.5 Å². The second-order valence-corrected chi connectivity index (χ2v) is 6.79. The standard InChI is InChI=1S/C19H14ClN3O3S/c1-25-16-9-12(5-6-15(16)26-8-7-21)10-17-18(24)23-19(27-17)22-14-4-2-3-13(20)11-14/h2-6,9-11H,8H2,1H3,(H,22,23,24)/b17-10-. The molecule has 0 aliphatic carbocycles. The molecular formula is C19H14ClN3O3S. The molecule has 2 aromatic rings. The van der Waals surface area contributed by atoms with Gasteiger partial charge in [-0.2, -0.15) is 5.26 Å². The molecule has 1 fully saturated rings.